The van der Waals surface area contributed by atoms with Crippen LogP contribution in [0.5, 0.6) is 0 Å². The van der Waals surface area contributed by atoms with Crippen molar-refractivity contribution in [2.24, 2.45) is 0 Å². The number of nitrogens with zero attached hydrogens (tertiary/aromatic N) is 2. The Bertz CT molecular complexity index is 3560. The smallest absolute Gasteiger partial charge is 0.159 e. The summed E-state index contributed by atoms with van der Waals surface area (Å²) < 4.78 is 7.15. The molecule has 0 unspecified atom stereocenters. The number of benzene rings is 11. The summed E-state index contributed by atoms with van der Waals surface area (Å²) in [6.45, 7) is 0. The van der Waals surface area contributed by atoms with E-state index < -0.39 is 0 Å². The van der Waals surface area contributed by atoms with Crippen molar-refractivity contribution < 1.29 is 4.42 Å². The molecule has 0 N–H and O–H groups in total. The Balaban J connectivity index is 1.14. The van der Waals surface area contributed by atoms with Gasteiger partial charge in [0.2, 0.25) is 0 Å². The second kappa shape index (κ2) is 17.2. The number of anilines is 6. The number of hydrogen-bond acceptors (Lipinski definition) is 3. The average molecular weight is 857 g/mol. The zero-order valence-corrected chi connectivity index (χ0v) is 36.7. The van der Waals surface area contributed by atoms with E-state index in [0.717, 1.165) is 94.7 Å². The van der Waals surface area contributed by atoms with Gasteiger partial charge in [0.25, 0.3) is 0 Å². The fourth-order valence-corrected chi connectivity index (χ4v) is 9.60. The molecule has 1 aromatic heterocycles. The van der Waals surface area contributed by atoms with Gasteiger partial charge in [0, 0.05) is 39.1 Å². The van der Waals surface area contributed by atoms with Crippen molar-refractivity contribution in [2.45, 2.75) is 0 Å². The molecule has 3 nitrogen and oxygen atoms in total. The van der Waals surface area contributed by atoms with Crippen molar-refractivity contribution in [3.8, 4) is 44.5 Å². The highest BCUT2D eigenvalue weighted by molar-refractivity contribution is 6.22. The molecule has 0 saturated heterocycles. The largest absolute Gasteiger partial charge is 0.454 e. The van der Waals surface area contributed by atoms with E-state index >= 15 is 0 Å². The summed E-state index contributed by atoms with van der Waals surface area (Å²) in [4.78, 5) is 4.78. The summed E-state index contributed by atoms with van der Waals surface area (Å²) in [5, 5.41) is 4.44. The van der Waals surface area contributed by atoms with Gasteiger partial charge in [-0.1, -0.05) is 206 Å². The topological polar surface area (TPSA) is 19.6 Å². The van der Waals surface area contributed by atoms with Crippen LogP contribution in [-0.4, -0.2) is 0 Å². The zero-order valence-electron chi connectivity index (χ0n) is 36.7. The normalized spacial score (nSPS) is 11.3. The molecule has 67 heavy (non-hydrogen) atoms. The van der Waals surface area contributed by atoms with Gasteiger partial charge in [0.05, 0.1) is 11.4 Å². The van der Waals surface area contributed by atoms with Crippen LogP contribution in [0.1, 0.15) is 0 Å². The Labute approximate surface area is 390 Å². The molecule has 0 bridgehead atoms. The minimum atomic E-state index is 0.810. The third-order valence-electron chi connectivity index (χ3n) is 12.9. The van der Waals surface area contributed by atoms with Gasteiger partial charge < -0.3 is 14.2 Å². The first-order chi connectivity index (χ1) is 33.2. The van der Waals surface area contributed by atoms with Crippen LogP contribution in [0.25, 0.3) is 77.2 Å². The Hall–Kier alpha value is -8.92. The SMILES string of the molecule is c1ccc(-c2ccc(N(c3cc(N(c4ccc(-c5ccccc5)cc4)c4ccc(-c5ccccc5)cc4)c4oc5ccc6ccccc6c5c4c3)c3ccccc3-c3ccccc3)cc2)cc1. The highest BCUT2D eigenvalue weighted by Crippen LogP contribution is 2.50. The Morgan fingerprint density at radius 3 is 1.21 bits per heavy atom. The van der Waals surface area contributed by atoms with Crippen LogP contribution in [0.15, 0.2) is 271 Å². The first-order valence-corrected chi connectivity index (χ1v) is 22.8. The van der Waals surface area contributed by atoms with E-state index in [4.69, 9.17) is 4.42 Å². The molecule has 12 rings (SSSR count). The van der Waals surface area contributed by atoms with E-state index in [9.17, 15) is 0 Å². The summed E-state index contributed by atoms with van der Waals surface area (Å²) in [6, 6.07) is 95.5. The molecule has 0 aliphatic rings. The zero-order chi connectivity index (χ0) is 44.5. The van der Waals surface area contributed by atoms with Gasteiger partial charge in [0.1, 0.15) is 5.58 Å². The summed E-state index contributed by atoms with van der Waals surface area (Å²) in [7, 11) is 0. The first-order valence-electron chi connectivity index (χ1n) is 22.8. The summed E-state index contributed by atoms with van der Waals surface area (Å²) >= 11 is 0. The molecule has 11 aromatic carbocycles. The maximum Gasteiger partial charge on any atom is 0.159 e. The van der Waals surface area contributed by atoms with Crippen molar-refractivity contribution in [3.63, 3.8) is 0 Å². The van der Waals surface area contributed by atoms with Gasteiger partial charge in [-0.2, -0.15) is 0 Å². The van der Waals surface area contributed by atoms with Gasteiger partial charge in [-0.05, 0) is 110 Å². The van der Waals surface area contributed by atoms with Crippen molar-refractivity contribution in [1.82, 2.24) is 0 Å². The van der Waals surface area contributed by atoms with Crippen molar-refractivity contribution in [2.75, 3.05) is 9.80 Å². The molecular weight excluding hydrogens is 813 g/mol. The van der Waals surface area contributed by atoms with E-state index in [0.29, 0.717) is 0 Å². The standard InChI is InChI=1S/C64H44N2O/c1-5-17-45(18-6-1)48-29-36-53(37-30-48)65(54-38-31-49(32-39-54)46-19-7-2-8-20-46)61-44-56(43-59-63-58-27-14-13-25-52(58)35-42-62(63)67-64(59)61)66(55-40-33-50(34-41-55)47-21-9-3-10-22-47)60-28-16-15-26-57(60)51-23-11-4-12-24-51/h1-44H. The molecule has 0 amide bonds. The van der Waals surface area contributed by atoms with E-state index in [1.807, 2.05) is 0 Å². The highest BCUT2D eigenvalue weighted by atomic mass is 16.3. The molecule has 0 radical (unpaired) electrons. The molecule has 3 heteroatoms. The third kappa shape index (κ3) is 7.49. The molecule has 0 aliphatic carbocycles. The quantitative estimate of drug-likeness (QED) is 0.137. The van der Waals surface area contributed by atoms with Crippen molar-refractivity contribution >= 4 is 66.8 Å². The molecule has 0 aliphatic heterocycles. The van der Waals surface area contributed by atoms with E-state index in [2.05, 4.69) is 277 Å². The predicted molar refractivity (Wildman–Crippen MR) is 282 cm³/mol. The number of furan rings is 1. The number of para-hydroxylation sites is 1. The highest BCUT2D eigenvalue weighted by Gasteiger charge is 2.26. The lowest BCUT2D eigenvalue weighted by Gasteiger charge is -2.31. The maximum absolute atomic E-state index is 7.15. The fraction of sp³-hybridized carbons (Fsp3) is 0. The molecule has 0 fully saturated rings. The summed E-state index contributed by atoms with van der Waals surface area (Å²) in [5.74, 6) is 0. The average Bonchev–Trinajstić information content (AvgIpc) is 3.80. The van der Waals surface area contributed by atoms with Crippen LogP contribution in [0, 0.1) is 0 Å². The molecule has 0 saturated carbocycles. The second-order valence-corrected chi connectivity index (χ2v) is 16.9. The van der Waals surface area contributed by atoms with E-state index in [1.165, 1.54) is 16.7 Å². The molecule has 0 atom stereocenters. The lowest BCUT2D eigenvalue weighted by atomic mass is 9.99. The number of fused-ring (bicyclic) bond motifs is 5. The van der Waals surface area contributed by atoms with Crippen LogP contribution >= 0.6 is 0 Å². The van der Waals surface area contributed by atoms with Gasteiger partial charge >= 0.3 is 0 Å². The monoisotopic (exact) mass is 856 g/mol. The number of hydrogen-bond donors (Lipinski definition) is 0. The lowest BCUT2D eigenvalue weighted by Crippen LogP contribution is -2.14. The Morgan fingerprint density at radius 1 is 0.269 bits per heavy atom. The molecule has 316 valence electrons. The minimum absolute atomic E-state index is 0.810. The molecule has 12 aromatic rings. The second-order valence-electron chi connectivity index (χ2n) is 16.9. The Morgan fingerprint density at radius 2 is 0.687 bits per heavy atom. The van der Waals surface area contributed by atoms with Crippen LogP contribution in [0.4, 0.5) is 34.1 Å². The van der Waals surface area contributed by atoms with Crippen molar-refractivity contribution in [1.29, 1.82) is 0 Å². The molecular formula is C64H44N2O. The maximum atomic E-state index is 7.15. The van der Waals surface area contributed by atoms with Gasteiger partial charge in [-0.15, -0.1) is 0 Å². The molecule has 1 heterocycles. The summed E-state index contributed by atoms with van der Waals surface area (Å²) in [5.41, 5.74) is 17.0. The first kappa shape index (κ1) is 39.7. The van der Waals surface area contributed by atoms with E-state index in [1.54, 1.807) is 0 Å². The Kier molecular flexibility index (Phi) is 10.2. The van der Waals surface area contributed by atoms with E-state index in [-0.39, 0.29) is 0 Å². The minimum Gasteiger partial charge on any atom is -0.454 e. The fourth-order valence-electron chi connectivity index (χ4n) is 9.60. The van der Waals surface area contributed by atoms with Crippen LogP contribution < -0.4 is 9.80 Å². The predicted octanol–water partition coefficient (Wildman–Crippen LogP) is 18.3. The molecule has 0 spiro atoms. The van der Waals surface area contributed by atoms with Crippen LogP contribution in [0.2, 0.25) is 0 Å². The number of rotatable bonds is 10. The van der Waals surface area contributed by atoms with Gasteiger partial charge in [0.15, 0.2) is 5.58 Å². The third-order valence-corrected chi connectivity index (χ3v) is 12.9. The van der Waals surface area contributed by atoms with Crippen LogP contribution in [0.3, 0.4) is 0 Å². The summed E-state index contributed by atoms with van der Waals surface area (Å²) in [6.07, 6.45) is 0. The van der Waals surface area contributed by atoms with Gasteiger partial charge in [-0.25, -0.2) is 0 Å². The van der Waals surface area contributed by atoms with Crippen LogP contribution in [-0.2, 0) is 0 Å². The van der Waals surface area contributed by atoms with Crippen molar-refractivity contribution in [3.05, 3.63) is 267 Å². The lowest BCUT2D eigenvalue weighted by molar-refractivity contribution is 0.669. The van der Waals surface area contributed by atoms with Gasteiger partial charge in [-0.3, -0.25) is 0 Å².